The molecule has 0 radical (unpaired) electrons. The van der Waals surface area contributed by atoms with Gasteiger partial charge in [0.1, 0.15) is 42.3 Å². The highest BCUT2D eigenvalue weighted by Crippen LogP contribution is 2.24. The molecule has 10 atom stereocenters. The molecule has 0 spiro atoms. The van der Waals surface area contributed by atoms with Gasteiger partial charge in [0.25, 0.3) is 0 Å². The van der Waals surface area contributed by atoms with Gasteiger partial charge >= 0.3 is 11.9 Å². The molecule has 3 rings (SSSR count). The Morgan fingerprint density at radius 3 is 1.68 bits per heavy atom. The van der Waals surface area contributed by atoms with Crippen LogP contribution in [0.25, 0.3) is 0 Å². The average molecular weight is 970 g/mol. The standard InChI is InChI=1S/C47H75N11O11/c1-7-27(5)37(43(65)56-38(28(6)8-2)42(64)54-36(26(3)4)46(68)69)55-41(63)34-19-14-24-58(34)45(67)32(25-29-15-10-9-11-16-29)53-40(62)33-18-13-23-57(33)44(66)31(20-21-35(59)60)52-39(61)30(48)17-12-22-51-47(49)50/h9-11,15-16,26-28,30-34,36-38H,7-8,12-14,17-25,48H2,1-6H3,(H,52,61)(H,53,62)(H,54,64)(H,55,63)(H,56,65)(H,59,60)(H,68,69)(H4,49,50,51)/t27-,28-,30-,31-,32-,33-,34-,36-,37-,38-/m0/s1. The van der Waals surface area contributed by atoms with E-state index in [-0.39, 0.29) is 57.7 Å². The molecule has 0 aliphatic carbocycles. The van der Waals surface area contributed by atoms with E-state index in [9.17, 15) is 53.4 Å². The van der Waals surface area contributed by atoms with Gasteiger partial charge in [-0.25, -0.2) is 4.79 Å². The Hall–Kier alpha value is -6.32. The number of hydrogen-bond acceptors (Lipinski definition) is 11. The van der Waals surface area contributed by atoms with E-state index in [1.807, 2.05) is 13.8 Å². The van der Waals surface area contributed by atoms with Crippen LogP contribution in [0.1, 0.15) is 111 Å². The second-order valence-corrected chi connectivity index (χ2v) is 18.5. The Kier molecular flexibility index (Phi) is 22.8. The van der Waals surface area contributed by atoms with Gasteiger partial charge < -0.3 is 63.8 Å². The van der Waals surface area contributed by atoms with Crippen LogP contribution in [0, 0.1) is 17.8 Å². The molecule has 2 saturated heterocycles. The number of benzene rings is 1. The molecule has 0 unspecified atom stereocenters. The molecule has 0 aromatic heterocycles. The highest BCUT2D eigenvalue weighted by molar-refractivity contribution is 5.98. The number of likely N-dealkylation sites (tertiary alicyclic amines) is 2. The molecule has 384 valence electrons. The first kappa shape index (κ1) is 57.0. The molecule has 22 nitrogen and oxygen atoms in total. The van der Waals surface area contributed by atoms with Crippen LogP contribution in [0.2, 0.25) is 0 Å². The van der Waals surface area contributed by atoms with Crippen LogP contribution < -0.4 is 43.8 Å². The number of carbonyl (C=O) groups is 9. The summed E-state index contributed by atoms with van der Waals surface area (Å²) in [6.07, 6.45) is 2.00. The van der Waals surface area contributed by atoms with Crippen molar-refractivity contribution in [1.82, 2.24) is 36.4 Å². The smallest absolute Gasteiger partial charge is 0.326 e. The third-order valence-electron chi connectivity index (χ3n) is 13.0. The molecular weight excluding hydrogens is 895 g/mol. The summed E-state index contributed by atoms with van der Waals surface area (Å²) >= 11 is 0. The Labute approximate surface area is 404 Å². The fraction of sp³-hybridized carbons (Fsp3) is 0.660. The summed E-state index contributed by atoms with van der Waals surface area (Å²) in [5, 5.41) is 32.7. The van der Waals surface area contributed by atoms with Crippen molar-refractivity contribution in [2.75, 3.05) is 19.6 Å². The number of guanidine groups is 1. The van der Waals surface area contributed by atoms with Crippen LogP contribution in [0.15, 0.2) is 35.3 Å². The number of amides is 7. The van der Waals surface area contributed by atoms with Crippen LogP contribution in [-0.4, -0.2) is 147 Å². The summed E-state index contributed by atoms with van der Waals surface area (Å²) in [6.45, 7) is 11.0. The van der Waals surface area contributed by atoms with Crippen molar-refractivity contribution in [3.63, 3.8) is 0 Å². The minimum atomic E-state index is -1.33. The lowest BCUT2D eigenvalue weighted by Gasteiger charge is -2.33. The first-order chi connectivity index (χ1) is 32.6. The molecule has 1 aromatic carbocycles. The molecule has 69 heavy (non-hydrogen) atoms. The summed E-state index contributed by atoms with van der Waals surface area (Å²) in [4.78, 5) is 128. The summed E-state index contributed by atoms with van der Waals surface area (Å²) in [7, 11) is 0. The number of hydrogen-bond donors (Lipinski definition) is 10. The van der Waals surface area contributed by atoms with Gasteiger partial charge in [-0.15, -0.1) is 0 Å². The Morgan fingerprint density at radius 1 is 0.681 bits per heavy atom. The number of nitrogens with two attached hydrogens (primary N) is 3. The lowest BCUT2D eigenvalue weighted by molar-refractivity contribution is -0.145. The van der Waals surface area contributed by atoms with Crippen molar-refractivity contribution in [2.45, 2.75) is 161 Å². The fourth-order valence-corrected chi connectivity index (χ4v) is 8.43. The van der Waals surface area contributed by atoms with Crippen LogP contribution in [0.4, 0.5) is 0 Å². The van der Waals surface area contributed by atoms with E-state index in [4.69, 9.17) is 17.2 Å². The minimum Gasteiger partial charge on any atom is -0.481 e. The first-order valence-corrected chi connectivity index (χ1v) is 24.0. The number of carboxylic acid groups (broad SMARTS) is 2. The number of aliphatic imine (C=N–C) groups is 1. The van der Waals surface area contributed by atoms with Gasteiger partial charge in [0.05, 0.1) is 6.04 Å². The van der Waals surface area contributed by atoms with Crippen molar-refractivity contribution in [1.29, 1.82) is 0 Å². The number of nitrogens with zero attached hydrogens (tertiary/aromatic N) is 3. The Balaban J connectivity index is 1.85. The van der Waals surface area contributed by atoms with Gasteiger partial charge in [-0.2, -0.15) is 0 Å². The molecule has 7 amide bonds. The van der Waals surface area contributed by atoms with Gasteiger partial charge in [-0.05, 0) is 68.3 Å². The van der Waals surface area contributed by atoms with E-state index < -0.39 is 126 Å². The van der Waals surface area contributed by atoms with E-state index in [0.717, 1.165) is 0 Å². The summed E-state index contributed by atoms with van der Waals surface area (Å²) in [5.74, 6) is -8.37. The van der Waals surface area contributed by atoms with Crippen LogP contribution in [0.3, 0.4) is 0 Å². The number of aliphatic carboxylic acids is 2. The third kappa shape index (κ3) is 17.0. The lowest BCUT2D eigenvalue weighted by Crippen LogP contribution is -2.61. The Bertz CT molecular complexity index is 1980. The van der Waals surface area contributed by atoms with Gasteiger partial charge in [0, 0.05) is 32.5 Å². The van der Waals surface area contributed by atoms with E-state index in [1.165, 1.54) is 9.80 Å². The van der Waals surface area contributed by atoms with E-state index in [0.29, 0.717) is 37.7 Å². The maximum atomic E-state index is 14.7. The number of rotatable bonds is 27. The van der Waals surface area contributed by atoms with Crippen molar-refractivity contribution in [2.24, 2.45) is 39.9 Å². The molecule has 2 fully saturated rings. The lowest BCUT2D eigenvalue weighted by atomic mass is 9.94. The zero-order chi connectivity index (χ0) is 51.5. The van der Waals surface area contributed by atoms with Gasteiger partial charge in [0.2, 0.25) is 41.4 Å². The van der Waals surface area contributed by atoms with Gasteiger partial charge in [0.15, 0.2) is 5.96 Å². The molecule has 13 N–H and O–H groups in total. The molecule has 0 saturated carbocycles. The Morgan fingerprint density at radius 2 is 1.19 bits per heavy atom. The molecular formula is C47H75N11O11. The van der Waals surface area contributed by atoms with Crippen LogP contribution >= 0.6 is 0 Å². The zero-order valence-corrected chi connectivity index (χ0v) is 40.8. The van der Waals surface area contributed by atoms with Crippen molar-refractivity contribution in [3.05, 3.63) is 35.9 Å². The summed E-state index contributed by atoms with van der Waals surface area (Å²) in [5.41, 5.74) is 17.5. The van der Waals surface area contributed by atoms with E-state index in [2.05, 4.69) is 31.6 Å². The highest BCUT2D eigenvalue weighted by atomic mass is 16.4. The number of carboxylic acids is 2. The average Bonchev–Trinajstić information content (AvgIpc) is 4.02. The molecule has 1 aromatic rings. The van der Waals surface area contributed by atoms with Crippen molar-refractivity contribution >= 4 is 59.2 Å². The first-order valence-electron chi connectivity index (χ1n) is 24.0. The maximum Gasteiger partial charge on any atom is 0.326 e. The van der Waals surface area contributed by atoms with Crippen molar-refractivity contribution < 1.29 is 53.4 Å². The second-order valence-electron chi connectivity index (χ2n) is 18.5. The minimum absolute atomic E-state index is 0.0196. The fourth-order valence-electron chi connectivity index (χ4n) is 8.43. The predicted octanol–water partition coefficient (Wildman–Crippen LogP) is -0.286. The number of nitrogens with one attached hydrogen (secondary N) is 5. The summed E-state index contributed by atoms with van der Waals surface area (Å²) in [6, 6.07) is -0.292. The normalized spacial score (nSPS) is 19.1. The van der Waals surface area contributed by atoms with E-state index in [1.54, 1.807) is 58.0 Å². The van der Waals surface area contributed by atoms with E-state index >= 15 is 0 Å². The van der Waals surface area contributed by atoms with Gasteiger partial charge in [-0.1, -0.05) is 84.7 Å². The van der Waals surface area contributed by atoms with Gasteiger partial charge in [-0.3, -0.25) is 43.3 Å². The molecule has 0 bridgehead atoms. The molecule has 22 heteroatoms. The quantitative estimate of drug-likeness (QED) is 0.0308. The van der Waals surface area contributed by atoms with Crippen LogP contribution in [-0.2, 0) is 49.6 Å². The summed E-state index contributed by atoms with van der Waals surface area (Å²) < 4.78 is 0. The number of carbonyl (C=O) groups excluding carboxylic acids is 7. The second kappa shape index (κ2) is 27.6. The SMILES string of the molecule is CC[C@H](C)[C@H](NC(=O)[C@@H](NC(=O)[C@@H]1CCCN1C(=O)[C@H](Cc1ccccc1)NC(=O)[C@@H]1CCCN1C(=O)[C@H](CCC(=O)O)NC(=O)[C@@H](N)CCCN=C(N)N)[C@@H](C)CC)C(=O)N[C@H](C(=O)O)C(C)C. The predicted molar refractivity (Wildman–Crippen MR) is 255 cm³/mol. The molecule has 2 aliphatic heterocycles. The largest absolute Gasteiger partial charge is 0.481 e. The molecule has 2 aliphatic rings. The third-order valence-corrected chi connectivity index (χ3v) is 13.0. The molecule has 2 heterocycles. The zero-order valence-electron chi connectivity index (χ0n) is 40.8. The highest BCUT2D eigenvalue weighted by Gasteiger charge is 2.43. The topological polar surface area (TPSA) is 351 Å². The monoisotopic (exact) mass is 970 g/mol. The maximum absolute atomic E-state index is 14.7. The van der Waals surface area contributed by atoms with Crippen molar-refractivity contribution in [3.8, 4) is 0 Å². The van der Waals surface area contributed by atoms with Crippen LogP contribution in [0.5, 0.6) is 0 Å².